The first-order chi connectivity index (χ1) is 9.11. The summed E-state index contributed by atoms with van der Waals surface area (Å²) >= 11 is 3.64. The van der Waals surface area contributed by atoms with Crippen LogP contribution >= 0.6 is 22.7 Å². The van der Waals surface area contributed by atoms with Gasteiger partial charge in [-0.05, 0) is 37.9 Å². The molecule has 0 aromatic carbocycles. The number of hydrogen-bond donors (Lipinski definition) is 1. The van der Waals surface area contributed by atoms with Crippen molar-refractivity contribution in [3.05, 3.63) is 38.0 Å². The van der Waals surface area contributed by atoms with E-state index in [0.29, 0.717) is 5.92 Å². The zero-order valence-electron chi connectivity index (χ0n) is 12.1. The normalized spacial score (nSPS) is 13.1. The fourth-order valence-corrected chi connectivity index (χ4v) is 4.01. The molecule has 0 saturated carbocycles. The minimum atomic E-state index is 0.260. The van der Waals surface area contributed by atoms with E-state index in [4.69, 9.17) is 4.98 Å². The van der Waals surface area contributed by atoms with Crippen LogP contribution in [0, 0.1) is 6.92 Å². The number of thiazole rings is 1. The Morgan fingerprint density at radius 1 is 1.32 bits per heavy atom. The Kier molecular flexibility index (Phi) is 5.13. The van der Waals surface area contributed by atoms with Crippen molar-refractivity contribution in [3.8, 4) is 0 Å². The van der Waals surface area contributed by atoms with Gasteiger partial charge < -0.3 is 5.32 Å². The first kappa shape index (κ1) is 14.7. The van der Waals surface area contributed by atoms with Gasteiger partial charge in [0.1, 0.15) is 5.01 Å². The average Bonchev–Trinajstić information content (AvgIpc) is 2.99. The number of aromatic nitrogens is 1. The van der Waals surface area contributed by atoms with Crippen molar-refractivity contribution in [2.75, 3.05) is 6.54 Å². The molecule has 0 bridgehead atoms. The highest BCUT2D eigenvalue weighted by Gasteiger charge is 2.19. The van der Waals surface area contributed by atoms with Crippen LogP contribution in [0.25, 0.3) is 0 Å². The van der Waals surface area contributed by atoms with Crippen molar-refractivity contribution in [1.82, 2.24) is 10.3 Å². The summed E-state index contributed by atoms with van der Waals surface area (Å²) < 4.78 is 0. The highest BCUT2D eigenvalue weighted by molar-refractivity contribution is 7.12. The van der Waals surface area contributed by atoms with Gasteiger partial charge in [0, 0.05) is 15.1 Å². The van der Waals surface area contributed by atoms with Crippen LogP contribution in [-0.4, -0.2) is 11.5 Å². The molecular formula is C15H22N2S2. The lowest BCUT2D eigenvalue weighted by Gasteiger charge is -2.14. The Balaban J connectivity index is 2.25. The maximum atomic E-state index is 4.81. The van der Waals surface area contributed by atoms with Gasteiger partial charge in [-0.2, -0.15) is 0 Å². The topological polar surface area (TPSA) is 24.9 Å². The van der Waals surface area contributed by atoms with Gasteiger partial charge in [0.25, 0.3) is 0 Å². The van der Waals surface area contributed by atoms with Gasteiger partial charge in [0.05, 0.1) is 11.7 Å². The van der Waals surface area contributed by atoms with Crippen molar-refractivity contribution in [2.24, 2.45) is 0 Å². The van der Waals surface area contributed by atoms with Crippen LogP contribution < -0.4 is 5.32 Å². The molecule has 2 heterocycles. The quantitative estimate of drug-likeness (QED) is 0.833. The standard InChI is InChI=1S/C15H22N2S2/c1-5-8-16-14(13-7-6-11(4)19-13)15-17-12(9-18-15)10(2)3/h6-7,9-10,14,16H,5,8H2,1-4H3. The first-order valence-corrected chi connectivity index (χ1v) is 8.56. The van der Waals surface area contributed by atoms with E-state index in [1.165, 1.54) is 20.5 Å². The molecule has 0 radical (unpaired) electrons. The molecule has 4 heteroatoms. The third kappa shape index (κ3) is 3.65. The Hall–Kier alpha value is -0.710. The number of thiophene rings is 1. The third-order valence-corrected chi connectivity index (χ3v) is 5.02. The van der Waals surface area contributed by atoms with Crippen LogP contribution in [0.1, 0.15) is 59.6 Å². The lowest BCUT2D eigenvalue weighted by molar-refractivity contribution is 0.600. The Labute approximate surface area is 123 Å². The van der Waals surface area contributed by atoms with Gasteiger partial charge in [0.2, 0.25) is 0 Å². The van der Waals surface area contributed by atoms with Crippen molar-refractivity contribution in [2.45, 2.75) is 46.1 Å². The largest absolute Gasteiger partial charge is 0.304 e. The van der Waals surface area contributed by atoms with Gasteiger partial charge in [-0.3, -0.25) is 0 Å². The fraction of sp³-hybridized carbons (Fsp3) is 0.533. The molecule has 2 aromatic heterocycles. The minimum absolute atomic E-state index is 0.260. The molecule has 1 unspecified atom stereocenters. The van der Waals surface area contributed by atoms with Crippen LogP contribution in [0.3, 0.4) is 0 Å². The van der Waals surface area contributed by atoms with E-state index in [9.17, 15) is 0 Å². The van der Waals surface area contributed by atoms with Crippen LogP contribution in [-0.2, 0) is 0 Å². The molecule has 0 aliphatic carbocycles. The molecular weight excluding hydrogens is 272 g/mol. The van der Waals surface area contributed by atoms with E-state index in [-0.39, 0.29) is 6.04 Å². The van der Waals surface area contributed by atoms with Crippen molar-refractivity contribution >= 4 is 22.7 Å². The first-order valence-electron chi connectivity index (χ1n) is 6.86. The van der Waals surface area contributed by atoms with Gasteiger partial charge >= 0.3 is 0 Å². The molecule has 2 nitrogen and oxygen atoms in total. The molecule has 0 spiro atoms. The van der Waals surface area contributed by atoms with Gasteiger partial charge in [-0.1, -0.05) is 20.8 Å². The lowest BCUT2D eigenvalue weighted by Crippen LogP contribution is -2.22. The molecule has 0 aliphatic rings. The Bertz CT molecular complexity index is 514. The Morgan fingerprint density at radius 2 is 2.11 bits per heavy atom. The summed E-state index contributed by atoms with van der Waals surface area (Å²) in [6.07, 6.45) is 1.14. The molecule has 0 saturated heterocycles. The second kappa shape index (κ2) is 6.64. The summed E-state index contributed by atoms with van der Waals surface area (Å²) in [6, 6.07) is 4.68. The predicted octanol–water partition coefficient (Wildman–Crippen LogP) is 4.73. The van der Waals surface area contributed by atoms with E-state index >= 15 is 0 Å². The number of rotatable bonds is 6. The van der Waals surface area contributed by atoms with Gasteiger partial charge in [0.15, 0.2) is 0 Å². The van der Waals surface area contributed by atoms with Crippen molar-refractivity contribution in [3.63, 3.8) is 0 Å². The zero-order chi connectivity index (χ0) is 13.8. The van der Waals surface area contributed by atoms with Crippen molar-refractivity contribution in [1.29, 1.82) is 0 Å². The molecule has 1 atom stereocenters. The van der Waals surface area contributed by atoms with Gasteiger partial charge in [-0.25, -0.2) is 4.98 Å². The van der Waals surface area contributed by atoms with E-state index < -0.39 is 0 Å². The number of nitrogens with zero attached hydrogens (tertiary/aromatic N) is 1. The average molecular weight is 294 g/mol. The van der Waals surface area contributed by atoms with Crippen LogP contribution in [0.2, 0.25) is 0 Å². The van der Waals surface area contributed by atoms with Gasteiger partial charge in [-0.15, -0.1) is 22.7 Å². The molecule has 2 aromatic rings. The van der Waals surface area contributed by atoms with E-state index in [1.54, 1.807) is 11.3 Å². The molecule has 0 fully saturated rings. The summed E-state index contributed by atoms with van der Waals surface area (Å²) in [7, 11) is 0. The van der Waals surface area contributed by atoms with Crippen LogP contribution in [0.5, 0.6) is 0 Å². The number of hydrogen-bond acceptors (Lipinski definition) is 4. The third-order valence-electron chi connectivity index (χ3n) is 3.02. The molecule has 0 amide bonds. The SMILES string of the molecule is CCCNC(c1ccc(C)s1)c1nc(C(C)C)cs1. The maximum absolute atomic E-state index is 4.81. The minimum Gasteiger partial charge on any atom is -0.304 e. The summed E-state index contributed by atoms with van der Waals surface area (Å²) in [5, 5.41) is 7.01. The molecule has 2 rings (SSSR count). The molecule has 19 heavy (non-hydrogen) atoms. The maximum Gasteiger partial charge on any atom is 0.115 e. The predicted molar refractivity (Wildman–Crippen MR) is 85.4 cm³/mol. The Morgan fingerprint density at radius 3 is 2.63 bits per heavy atom. The summed E-state index contributed by atoms with van der Waals surface area (Å²) in [5.74, 6) is 0.502. The van der Waals surface area contributed by atoms with E-state index in [1.807, 2.05) is 11.3 Å². The summed E-state index contributed by atoms with van der Waals surface area (Å²) in [4.78, 5) is 7.54. The highest BCUT2D eigenvalue weighted by atomic mass is 32.1. The summed E-state index contributed by atoms with van der Waals surface area (Å²) in [5.41, 5.74) is 1.21. The monoisotopic (exact) mass is 294 g/mol. The van der Waals surface area contributed by atoms with Crippen molar-refractivity contribution < 1.29 is 0 Å². The van der Waals surface area contributed by atoms with Crippen LogP contribution in [0.4, 0.5) is 0 Å². The number of nitrogens with one attached hydrogen (secondary N) is 1. The van der Waals surface area contributed by atoms with E-state index in [0.717, 1.165) is 13.0 Å². The molecule has 104 valence electrons. The van der Waals surface area contributed by atoms with Crippen LogP contribution in [0.15, 0.2) is 17.5 Å². The smallest absolute Gasteiger partial charge is 0.115 e. The number of aryl methyl sites for hydroxylation is 1. The molecule has 0 aliphatic heterocycles. The zero-order valence-corrected chi connectivity index (χ0v) is 13.7. The van der Waals surface area contributed by atoms with E-state index in [2.05, 4.69) is 50.5 Å². The fourth-order valence-electron chi connectivity index (χ4n) is 1.91. The lowest BCUT2D eigenvalue weighted by atomic mass is 10.1. The second-order valence-electron chi connectivity index (χ2n) is 5.10. The highest BCUT2D eigenvalue weighted by Crippen LogP contribution is 2.31. The molecule has 1 N–H and O–H groups in total. The second-order valence-corrected chi connectivity index (χ2v) is 7.31. The summed E-state index contributed by atoms with van der Waals surface area (Å²) in [6.45, 7) is 9.78.